The number of aryl methyl sites for hydroxylation is 1. The van der Waals surface area contributed by atoms with Crippen molar-refractivity contribution in [2.75, 3.05) is 0 Å². The fraction of sp³-hybridized carbons (Fsp3) is 0.294. The monoisotopic (exact) mass is 297 g/mol. The first-order chi connectivity index (χ1) is 10.2. The van der Waals surface area contributed by atoms with E-state index in [1.165, 1.54) is 12.0 Å². The zero-order valence-corrected chi connectivity index (χ0v) is 12.6. The molecule has 1 saturated carbocycles. The van der Waals surface area contributed by atoms with Crippen LogP contribution in [0, 0.1) is 6.92 Å². The van der Waals surface area contributed by atoms with Crippen LogP contribution in [0.25, 0.3) is 5.65 Å². The summed E-state index contributed by atoms with van der Waals surface area (Å²) in [6.45, 7) is 2.05. The smallest absolute Gasteiger partial charge is 0.155 e. The van der Waals surface area contributed by atoms with Crippen LogP contribution in [0.5, 0.6) is 0 Å². The molecule has 0 aliphatic heterocycles. The van der Waals surface area contributed by atoms with Crippen LogP contribution in [0.1, 0.15) is 36.2 Å². The van der Waals surface area contributed by atoms with Crippen molar-refractivity contribution in [1.29, 1.82) is 0 Å². The molecular formula is C17H16ClN3. The van der Waals surface area contributed by atoms with Gasteiger partial charge in [-0.25, -0.2) is 9.50 Å². The molecule has 0 amide bonds. The maximum absolute atomic E-state index is 6.45. The van der Waals surface area contributed by atoms with Crippen LogP contribution in [-0.2, 0) is 5.41 Å². The van der Waals surface area contributed by atoms with Crippen LogP contribution in [0.2, 0.25) is 5.02 Å². The number of benzene rings is 1. The topological polar surface area (TPSA) is 30.2 Å². The molecule has 0 spiro atoms. The Kier molecular flexibility index (Phi) is 2.79. The summed E-state index contributed by atoms with van der Waals surface area (Å²) < 4.78 is 1.92. The molecule has 3 aromatic rings. The molecule has 2 aromatic heterocycles. The van der Waals surface area contributed by atoms with Gasteiger partial charge in [-0.3, -0.25) is 0 Å². The second kappa shape index (κ2) is 4.57. The van der Waals surface area contributed by atoms with Gasteiger partial charge in [0.2, 0.25) is 0 Å². The number of halogens is 1. The third-order valence-corrected chi connectivity index (χ3v) is 4.96. The minimum atomic E-state index is -0.0432. The first-order valence-electron chi connectivity index (χ1n) is 7.28. The molecule has 0 saturated heterocycles. The van der Waals surface area contributed by atoms with Crippen molar-refractivity contribution in [3.63, 3.8) is 0 Å². The Morgan fingerprint density at radius 3 is 2.67 bits per heavy atom. The summed E-state index contributed by atoms with van der Waals surface area (Å²) in [7, 11) is 0. The number of aromatic nitrogens is 3. The molecule has 1 fully saturated rings. The van der Waals surface area contributed by atoms with Gasteiger partial charge in [0.1, 0.15) is 0 Å². The van der Waals surface area contributed by atoms with Crippen molar-refractivity contribution in [3.05, 3.63) is 64.6 Å². The molecule has 2 heterocycles. The Morgan fingerprint density at radius 1 is 1.19 bits per heavy atom. The highest BCUT2D eigenvalue weighted by molar-refractivity contribution is 6.31. The summed E-state index contributed by atoms with van der Waals surface area (Å²) in [6.07, 6.45) is 5.24. The summed E-state index contributed by atoms with van der Waals surface area (Å²) >= 11 is 6.45. The van der Waals surface area contributed by atoms with Crippen LogP contribution in [0.15, 0.2) is 42.6 Å². The van der Waals surface area contributed by atoms with Crippen LogP contribution in [-0.4, -0.2) is 14.6 Å². The average molecular weight is 298 g/mol. The minimum absolute atomic E-state index is 0.0432. The summed E-state index contributed by atoms with van der Waals surface area (Å²) in [5, 5.41) is 5.65. The van der Waals surface area contributed by atoms with Crippen molar-refractivity contribution >= 4 is 17.2 Å². The highest BCUT2D eigenvalue weighted by Crippen LogP contribution is 2.50. The standard InChI is InChI=1S/C17H16ClN3/c1-12-7-10-19-16-11-15(20-21(12)16)17(8-4-9-17)13-5-2-3-6-14(13)18/h2-3,5-7,10-11H,4,8-9H2,1H3. The quantitative estimate of drug-likeness (QED) is 0.711. The van der Waals surface area contributed by atoms with Crippen LogP contribution >= 0.6 is 11.6 Å². The Balaban J connectivity index is 1.92. The zero-order chi connectivity index (χ0) is 14.4. The van der Waals surface area contributed by atoms with Crippen molar-refractivity contribution in [1.82, 2.24) is 14.6 Å². The van der Waals surface area contributed by atoms with Gasteiger partial charge in [0, 0.05) is 28.4 Å². The average Bonchev–Trinajstić information content (AvgIpc) is 2.85. The third kappa shape index (κ3) is 1.80. The van der Waals surface area contributed by atoms with Crippen molar-refractivity contribution in [3.8, 4) is 0 Å². The highest BCUT2D eigenvalue weighted by Gasteiger charge is 2.43. The largest absolute Gasteiger partial charge is 0.237 e. The van der Waals surface area contributed by atoms with Gasteiger partial charge < -0.3 is 0 Å². The molecule has 106 valence electrons. The first kappa shape index (κ1) is 12.8. The van der Waals surface area contributed by atoms with E-state index < -0.39 is 0 Å². The lowest BCUT2D eigenvalue weighted by atomic mass is 9.62. The maximum atomic E-state index is 6.45. The molecule has 1 aliphatic carbocycles. The van der Waals surface area contributed by atoms with Gasteiger partial charge in [0.15, 0.2) is 5.65 Å². The van der Waals surface area contributed by atoms with E-state index in [1.54, 1.807) is 0 Å². The summed E-state index contributed by atoms with van der Waals surface area (Å²) in [5.41, 5.74) is 4.24. The van der Waals surface area contributed by atoms with E-state index in [-0.39, 0.29) is 5.41 Å². The van der Waals surface area contributed by atoms with Crippen molar-refractivity contribution in [2.24, 2.45) is 0 Å². The maximum Gasteiger partial charge on any atom is 0.155 e. The van der Waals surface area contributed by atoms with Gasteiger partial charge in [-0.15, -0.1) is 0 Å². The molecule has 0 N–H and O–H groups in total. The predicted molar refractivity (Wildman–Crippen MR) is 83.8 cm³/mol. The molecule has 0 bridgehead atoms. The number of hydrogen-bond donors (Lipinski definition) is 0. The van der Waals surface area contributed by atoms with Crippen molar-refractivity contribution < 1.29 is 0 Å². The predicted octanol–water partition coefficient (Wildman–Crippen LogP) is 4.16. The van der Waals surface area contributed by atoms with Gasteiger partial charge in [0.25, 0.3) is 0 Å². The van der Waals surface area contributed by atoms with Gasteiger partial charge in [-0.1, -0.05) is 36.2 Å². The molecule has 0 radical (unpaired) electrons. The fourth-order valence-electron chi connectivity index (χ4n) is 3.29. The molecule has 4 rings (SSSR count). The van der Waals surface area contributed by atoms with E-state index in [1.807, 2.05) is 28.9 Å². The lowest BCUT2D eigenvalue weighted by Crippen LogP contribution is -2.36. The van der Waals surface area contributed by atoms with Gasteiger partial charge in [0.05, 0.1) is 5.69 Å². The van der Waals surface area contributed by atoms with E-state index in [9.17, 15) is 0 Å². The minimum Gasteiger partial charge on any atom is -0.237 e. The Bertz CT molecular complexity index is 818. The van der Waals surface area contributed by atoms with Crippen molar-refractivity contribution in [2.45, 2.75) is 31.6 Å². The van der Waals surface area contributed by atoms with Crippen LogP contribution in [0.3, 0.4) is 0 Å². The van der Waals surface area contributed by atoms with E-state index >= 15 is 0 Å². The Labute approximate surface area is 128 Å². The van der Waals surface area contributed by atoms with E-state index in [2.05, 4.69) is 30.1 Å². The molecular weight excluding hydrogens is 282 g/mol. The first-order valence-corrected chi connectivity index (χ1v) is 7.65. The van der Waals surface area contributed by atoms with Crippen LogP contribution < -0.4 is 0 Å². The molecule has 21 heavy (non-hydrogen) atoms. The van der Waals surface area contributed by atoms with Crippen LogP contribution in [0.4, 0.5) is 0 Å². The SMILES string of the molecule is Cc1ccnc2cc(C3(c4ccccc4Cl)CCC3)nn12. The number of hydrogen-bond acceptors (Lipinski definition) is 2. The second-order valence-corrected chi connectivity index (χ2v) is 6.21. The number of nitrogens with zero attached hydrogens (tertiary/aromatic N) is 3. The second-order valence-electron chi connectivity index (χ2n) is 5.80. The lowest BCUT2D eigenvalue weighted by molar-refractivity contribution is 0.293. The third-order valence-electron chi connectivity index (χ3n) is 4.63. The molecule has 1 aliphatic rings. The van der Waals surface area contributed by atoms with Gasteiger partial charge in [-0.05, 0) is 37.5 Å². The zero-order valence-electron chi connectivity index (χ0n) is 11.9. The fourth-order valence-corrected chi connectivity index (χ4v) is 3.61. The van der Waals surface area contributed by atoms with E-state index in [0.29, 0.717) is 0 Å². The molecule has 0 atom stereocenters. The summed E-state index contributed by atoms with van der Waals surface area (Å²) in [6, 6.07) is 12.2. The van der Waals surface area contributed by atoms with Gasteiger partial charge >= 0.3 is 0 Å². The molecule has 4 heteroatoms. The summed E-state index contributed by atoms with van der Waals surface area (Å²) in [5.74, 6) is 0. The molecule has 3 nitrogen and oxygen atoms in total. The normalized spacial score (nSPS) is 16.9. The lowest BCUT2D eigenvalue weighted by Gasteiger charge is -2.41. The van der Waals surface area contributed by atoms with E-state index in [4.69, 9.17) is 16.7 Å². The highest BCUT2D eigenvalue weighted by atomic mass is 35.5. The Hall–Kier alpha value is -1.87. The Morgan fingerprint density at radius 2 is 2.00 bits per heavy atom. The number of rotatable bonds is 2. The van der Waals surface area contributed by atoms with Gasteiger partial charge in [-0.2, -0.15) is 5.10 Å². The molecule has 0 unspecified atom stereocenters. The van der Waals surface area contributed by atoms with E-state index in [0.717, 1.165) is 34.9 Å². The molecule has 1 aromatic carbocycles. The number of fused-ring (bicyclic) bond motifs is 1. The summed E-state index contributed by atoms with van der Waals surface area (Å²) in [4.78, 5) is 4.42.